The molecule has 0 saturated carbocycles. The Morgan fingerprint density at radius 3 is 2.67 bits per heavy atom. The summed E-state index contributed by atoms with van der Waals surface area (Å²) in [4.78, 5) is 21.5. The van der Waals surface area contributed by atoms with Crippen LogP contribution < -0.4 is 10.2 Å². The van der Waals surface area contributed by atoms with Gasteiger partial charge in [-0.25, -0.2) is 14.0 Å². The summed E-state index contributed by atoms with van der Waals surface area (Å²) in [6.45, 7) is 3.26. The Bertz CT molecular complexity index is 789. The Labute approximate surface area is 161 Å². The minimum atomic E-state index is -2.56. The van der Waals surface area contributed by atoms with Gasteiger partial charge >= 0.3 is 6.03 Å². The van der Waals surface area contributed by atoms with E-state index in [0.29, 0.717) is 24.6 Å². The Morgan fingerprint density at radius 1 is 1.19 bits per heavy atom. The molecule has 2 amide bonds. The van der Waals surface area contributed by atoms with Crippen molar-refractivity contribution in [1.82, 2.24) is 15.2 Å². The van der Waals surface area contributed by atoms with Crippen molar-refractivity contribution < 1.29 is 9.00 Å². The van der Waals surface area contributed by atoms with Crippen molar-refractivity contribution in [2.24, 2.45) is 0 Å². The average Bonchev–Trinajstić information content (AvgIpc) is 3.30. The van der Waals surface area contributed by atoms with Gasteiger partial charge in [0, 0.05) is 47.9 Å². The number of nitrogens with one attached hydrogen (secondary N) is 2. The Hall–Kier alpha value is -1.83. The minimum Gasteiger partial charge on any atom is -0.357 e. The van der Waals surface area contributed by atoms with Crippen molar-refractivity contribution in [1.29, 1.82) is 4.78 Å². The van der Waals surface area contributed by atoms with E-state index in [0.717, 1.165) is 50.2 Å². The van der Waals surface area contributed by atoms with Gasteiger partial charge in [0.15, 0.2) is 0 Å². The second-order valence-electron chi connectivity index (χ2n) is 8.12. The van der Waals surface area contributed by atoms with Crippen molar-refractivity contribution in [2.75, 3.05) is 36.0 Å². The summed E-state index contributed by atoms with van der Waals surface area (Å²) in [5, 5.41) is 3.01. The number of hydrogen-bond acceptors (Lipinski definition) is 5. The lowest BCUT2D eigenvalue weighted by Gasteiger charge is -2.41. The van der Waals surface area contributed by atoms with Gasteiger partial charge in [0.1, 0.15) is 5.82 Å². The third-order valence-electron chi connectivity index (χ3n) is 6.14. The standard InChI is InChI=1S/C19H29N5O2S/c20-27(26)12-4-8-19(15-27)7-3-11-24(19)18(25)22-14-16-5-6-17(21-13-16)23-9-1-2-10-23/h5-6,13,20H,1-4,7-12,14-15H2,(H,22,25). The van der Waals surface area contributed by atoms with Gasteiger partial charge < -0.3 is 15.1 Å². The summed E-state index contributed by atoms with van der Waals surface area (Å²) < 4.78 is 20.4. The molecule has 0 aromatic carbocycles. The van der Waals surface area contributed by atoms with Crippen LogP contribution in [0.4, 0.5) is 10.6 Å². The van der Waals surface area contributed by atoms with Gasteiger partial charge in [-0.15, -0.1) is 0 Å². The molecule has 0 bridgehead atoms. The molecule has 1 aromatic rings. The first-order valence-electron chi connectivity index (χ1n) is 9.97. The fourth-order valence-electron chi connectivity index (χ4n) is 4.81. The van der Waals surface area contributed by atoms with Crippen molar-refractivity contribution in [3.8, 4) is 0 Å². The number of rotatable bonds is 3. The summed E-state index contributed by atoms with van der Waals surface area (Å²) in [6, 6.07) is 3.95. The van der Waals surface area contributed by atoms with E-state index in [9.17, 15) is 9.00 Å². The van der Waals surface area contributed by atoms with Crippen LogP contribution >= 0.6 is 0 Å². The summed E-state index contributed by atoms with van der Waals surface area (Å²) in [7, 11) is -2.56. The van der Waals surface area contributed by atoms with Crippen LogP contribution in [0.15, 0.2) is 18.3 Å². The van der Waals surface area contributed by atoms with Gasteiger partial charge in [0.25, 0.3) is 0 Å². The number of carbonyl (C=O) groups is 1. The second kappa shape index (κ2) is 7.30. The van der Waals surface area contributed by atoms with Gasteiger partial charge in [-0.05, 0) is 50.2 Å². The zero-order valence-electron chi connectivity index (χ0n) is 15.8. The molecule has 2 N–H and O–H groups in total. The highest BCUT2D eigenvalue weighted by molar-refractivity contribution is 7.92. The van der Waals surface area contributed by atoms with Crippen molar-refractivity contribution in [2.45, 2.75) is 50.6 Å². The predicted molar refractivity (Wildman–Crippen MR) is 106 cm³/mol. The zero-order chi connectivity index (χ0) is 18.9. The highest BCUT2D eigenvalue weighted by atomic mass is 32.2. The first-order valence-corrected chi connectivity index (χ1v) is 11.9. The van der Waals surface area contributed by atoms with E-state index >= 15 is 0 Å². The number of carbonyl (C=O) groups excluding carboxylic acids is 1. The van der Waals surface area contributed by atoms with Crippen LogP contribution in [0, 0.1) is 4.78 Å². The number of aromatic nitrogens is 1. The van der Waals surface area contributed by atoms with Gasteiger partial charge in [0.2, 0.25) is 0 Å². The normalized spacial score (nSPS) is 30.8. The highest BCUT2D eigenvalue weighted by Crippen LogP contribution is 2.38. The van der Waals surface area contributed by atoms with Crippen LogP contribution in [-0.4, -0.2) is 56.8 Å². The van der Waals surface area contributed by atoms with E-state index in [4.69, 9.17) is 4.78 Å². The number of likely N-dealkylation sites (tertiary alicyclic amines) is 1. The summed E-state index contributed by atoms with van der Waals surface area (Å²) in [6.07, 6.45) is 7.71. The molecular weight excluding hydrogens is 362 g/mol. The van der Waals surface area contributed by atoms with Crippen LogP contribution in [0.5, 0.6) is 0 Å². The maximum absolute atomic E-state index is 12.8. The van der Waals surface area contributed by atoms with Crippen LogP contribution in [0.25, 0.3) is 0 Å². The molecule has 3 fully saturated rings. The SMILES string of the molecule is N=S1(=O)CCCC2(CCCN2C(=O)NCc2ccc(N3CCCC3)nc2)C1. The molecule has 3 aliphatic heterocycles. The highest BCUT2D eigenvalue weighted by Gasteiger charge is 2.47. The van der Waals surface area contributed by atoms with Crippen LogP contribution in [0.3, 0.4) is 0 Å². The average molecular weight is 392 g/mol. The Balaban J connectivity index is 1.37. The molecule has 4 rings (SSSR count). The first kappa shape index (κ1) is 18.5. The lowest BCUT2D eigenvalue weighted by atomic mass is 9.92. The molecule has 1 spiro atoms. The van der Waals surface area contributed by atoms with Gasteiger partial charge in [0.05, 0.1) is 11.3 Å². The Morgan fingerprint density at radius 2 is 1.96 bits per heavy atom. The number of nitrogens with zero attached hydrogens (tertiary/aromatic N) is 3. The lowest BCUT2D eigenvalue weighted by Crippen LogP contribution is -2.56. The van der Waals surface area contributed by atoms with Crippen molar-refractivity contribution in [3.63, 3.8) is 0 Å². The number of amides is 2. The van der Waals surface area contributed by atoms with Gasteiger partial charge in [-0.2, -0.15) is 0 Å². The molecule has 1 aromatic heterocycles. The van der Waals surface area contributed by atoms with E-state index in [-0.39, 0.29) is 11.6 Å². The van der Waals surface area contributed by atoms with E-state index < -0.39 is 9.73 Å². The van der Waals surface area contributed by atoms with Gasteiger partial charge in [-0.1, -0.05) is 6.07 Å². The first-order chi connectivity index (χ1) is 13.0. The van der Waals surface area contributed by atoms with Crippen molar-refractivity contribution >= 4 is 21.6 Å². The molecule has 27 heavy (non-hydrogen) atoms. The smallest absolute Gasteiger partial charge is 0.318 e. The van der Waals surface area contributed by atoms with E-state index in [1.807, 2.05) is 23.2 Å². The van der Waals surface area contributed by atoms with E-state index in [1.165, 1.54) is 12.8 Å². The lowest BCUT2D eigenvalue weighted by molar-refractivity contribution is 0.148. The maximum Gasteiger partial charge on any atom is 0.318 e. The third-order valence-corrected chi connectivity index (χ3v) is 8.09. The van der Waals surface area contributed by atoms with Crippen LogP contribution in [-0.2, 0) is 16.3 Å². The maximum atomic E-state index is 12.8. The molecule has 7 nitrogen and oxygen atoms in total. The largest absolute Gasteiger partial charge is 0.357 e. The van der Waals surface area contributed by atoms with Gasteiger partial charge in [-0.3, -0.25) is 4.78 Å². The quantitative estimate of drug-likeness (QED) is 0.829. The van der Waals surface area contributed by atoms with Crippen LogP contribution in [0.2, 0.25) is 0 Å². The molecule has 4 heterocycles. The number of hydrogen-bond donors (Lipinski definition) is 2. The fraction of sp³-hybridized carbons (Fsp3) is 0.684. The summed E-state index contributed by atoms with van der Waals surface area (Å²) in [5.74, 6) is 1.81. The monoisotopic (exact) mass is 391 g/mol. The fourth-order valence-corrected chi connectivity index (χ4v) is 6.87. The predicted octanol–water partition coefficient (Wildman–Crippen LogP) is 2.57. The number of pyridine rings is 1. The summed E-state index contributed by atoms with van der Waals surface area (Å²) >= 11 is 0. The molecule has 148 valence electrons. The summed E-state index contributed by atoms with van der Waals surface area (Å²) in [5.41, 5.74) is 0.603. The number of anilines is 1. The minimum absolute atomic E-state index is 0.104. The number of urea groups is 1. The molecule has 3 aliphatic rings. The molecule has 2 unspecified atom stereocenters. The topological polar surface area (TPSA) is 89.4 Å². The Kier molecular flexibility index (Phi) is 5.01. The zero-order valence-corrected chi connectivity index (χ0v) is 16.6. The molecule has 0 radical (unpaired) electrons. The molecule has 3 saturated heterocycles. The van der Waals surface area contributed by atoms with E-state index in [2.05, 4.69) is 15.2 Å². The third kappa shape index (κ3) is 3.90. The molecule has 8 heteroatoms. The van der Waals surface area contributed by atoms with Crippen molar-refractivity contribution in [3.05, 3.63) is 23.9 Å². The second-order valence-corrected chi connectivity index (χ2v) is 10.4. The molecule has 2 atom stereocenters. The van der Waals surface area contributed by atoms with E-state index in [1.54, 1.807) is 0 Å². The van der Waals surface area contributed by atoms with Crippen LogP contribution in [0.1, 0.15) is 44.1 Å². The molecule has 0 aliphatic carbocycles. The molecular formula is C19H29N5O2S.